The number of rotatable bonds is 3. The van der Waals surface area contributed by atoms with Crippen molar-refractivity contribution in [3.63, 3.8) is 0 Å². The smallest absolute Gasteiger partial charge is 0.269 e. The molecule has 0 fully saturated rings. The van der Waals surface area contributed by atoms with Crippen LogP contribution in [0.15, 0.2) is 29.3 Å². The zero-order valence-corrected chi connectivity index (χ0v) is 11.2. The summed E-state index contributed by atoms with van der Waals surface area (Å²) in [5.41, 5.74) is 0.423. The van der Waals surface area contributed by atoms with Crippen LogP contribution in [-0.2, 0) is 0 Å². The van der Waals surface area contributed by atoms with E-state index in [1.165, 1.54) is 36.0 Å². The average molecular weight is 279 g/mol. The van der Waals surface area contributed by atoms with Gasteiger partial charge in [0, 0.05) is 24.2 Å². The first-order chi connectivity index (χ1) is 9.13. The highest BCUT2D eigenvalue weighted by atomic mass is 32.2. The van der Waals surface area contributed by atoms with Gasteiger partial charge in [0.25, 0.3) is 11.6 Å². The molecule has 0 bridgehead atoms. The van der Waals surface area contributed by atoms with Crippen molar-refractivity contribution in [3.05, 3.63) is 39.9 Å². The Hall–Kier alpha value is -1.89. The molecular formula is C12H13N3O3S. The molecule has 1 heterocycles. The second-order valence-electron chi connectivity index (χ2n) is 3.86. The molecule has 0 atom stereocenters. The molecule has 0 aromatic heterocycles. The molecule has 0 N–H and O–H groups in total. The van der Waals surface area contributed by atoms with Gasteiger partial charge in [-0.3, -0.25) is 24.8 Å². The van der Waals surface area contributed by atoms with Crippen LogP contribution < -0.4 is 0 Å². The summed E-state index contributed by atoms with van der Waals surface area (Å²) in [7, 11) is 0. The first-order valence-corrected chi connectivity index (χ1v) is 6.85. The van der Waals surface area contributed by atoms with E-state index in [0.717, 1.165) is 10.9 Å². The van der Waals surface area contributed by atoms with Gasteiger partial charge >= 0.3 is 0 Å². The van der Waals surface area contributed by atoms with Gasteiger partial charge in [-0.2, -0.15) is 0 Å². The normalized spacial score (nSPS) is 14.4. The summed E-state index contributed by atoms with van der Waals surface area (Å²) in [6, 6.07) is 5.64. The first kappa shape index (κ1) is 13.5. The van der Waals surface area contributed by atoms with Crippen LogP contribution in [0.2, 0.25) is 0 Å². The molecule has 0 unspecified atom stereocenters. The fourth-order valence-electron chi connectivity index (χ4n) is 1.75. The lowest BCUT2D eigenvalue weighted by molar-refractivity contribution is -0.384. The number of thioether (sulfide) groups is 1. The van der Waals surface area contributed by atoms with Gasteiger partial charge in [0.1, 0.15) is 0 Å². The Morgan fingerprint density at radius 1 is 1.47 bits per heavy atom. The molecule has 1 aromatic rings. The van der Waals surface area contributed by atoms with E-state index in [1.54, 1.807) is 4.90 Å². The van der Waals surface area contributed by atoms with Crippen molar-refractivity contribution < 1.29 is 9.72 Å². The van der Waals surface area contributed by atoms with Crippen LogP contribution in [0.1, 0.15) is 17.3 Å². The monoisotopic (exact) mass is 279 g/mol. The van der Waals surface area contributed by atoms with Crippen molar-refractivity contribution in [1.29, 1.82) is 0 Å². The maximum absolute atomic E-state index is 12.3. The van der Waals surface area contributed by atoms with Gasteiger partial charge in [-0.15, -0.1) is 0 Å². The fourth-order valence-corrected chi connectivity index (χ4v) is 2.52. The predicted molar refractivity (Wildman–Crippen MR) is 74.6 cm³/mol. The number of amidine groups is 1. The van der Waals surface area contributed by atoms with E-state index in [1.807, 2.05) is 6.92 Å². The van der Waals surface area contributed by atoms with E-state index in [9.17, 15) is 14.9 Å². The summed E-state index contributed by atoms with van der Waals surface area (Å²) in [5, 5.41) is 11.3. The third-order valence-electron chi connectivity index (χ3n) is 2.65. The number of nitrogens with zero attached hydrogens (tertiary/aromatic N) is 3. The van der Waals surface area contributed by atoms with Crippen LogP contribution in [0.3, 0.4) is 0 Å². The lowest BCUT2D eigenvalue weighted by Crippen LogP contribution is -2.32. The van der Waals surface area contributed by atoms with Crippen molar-refractivity contribution in [3.8, 4) is 0 Å². The molecule has 0 aliphatic carbocycles. The molecule has 2 rings (SSSR count). The highest BCUT2D eigenvalue weighted by Gasteiger charge is 2.24. The molecule has 0 spiro atoms. The second kappa shape index (κ2) is 5.83. The lowest BCUT2D eigenvalue weighted by atomic mass is 10.2. The number of nitro benzene ring substituents is 1. The number of hydrogen-bond donors (Lipinski definition) is 0. The molecule has 0 radical (unpaired) electrons. The Balaban J connectivity index is 2.15. The van der Waals surface area contributed by atoms with Crippen LogP contribution in [0, 0.1) is 10.1 Å². The minimum Gasteiger partial charge on any atom is -0.286 e. The first-order valence-electron chi connectivity index (χ1n) is 5.87. The lowest BCUT2D eigenvalue weighted by Gasteiger charge is -2.17. The van der Waals surface area contributed by atoms with Gasteiger partial charge in [0.05, 0.1) is 11.5 Å². The van der Waals surface area contributed by atoms with Crippen LogP contribution in [-0.4, -0.2) is 39.7 Å². The van der Waals surface area contributed by atoms with Crippen molar-refractivity contribution in [2.45, 2.75) is 6.92 Å². The van der Waals surface area contributed by atoms with Crippen LogP contribution >= 0.6 is 11.8 Å². The number of amides is 1. The van der Waals surface area contributed by atoms with Crippen LogP contribution in [0.25, 0.3) is 0 Å². The molecule has 19 heavy (non-hydrogen) atoms. The number of carbonyl (C=O) groups is 1. The summed E-state index contributed by atoms with van der Waals surface area (Å²) in [4.78, 5) is 28.3. The standard InChI is InChI=1S/C12H13N3O3S/c1-2-19-12-13-7-8-14(12)11(16)9-3-5-10(6-4-9)15(17)18/h3-6H,2,7-8H2,1H3. The zero-order valence-electron chi connectivity index (χ0n) is 10.4. The van der Waals surface area contributed by atoms with E-state index >= 15 is 0 Å². The number of aliphatic imine (C=N–C) groups is 1. The average Bonchev–Trinajstić information content (AvgIpc) is 2.87. The quantitative estimate of drug-likeness (QED) is 0.627. The van der Waals surface area contributed by atoms with Crippen molar-refractivity contribution in [2.24, 2.45) is 4.99 Å². The van der Waals surface area contributed by atoms with E-state index in [-0.39, 0.29) is 11.6 Å². The Morgan fingerprint density at radius 3 is 2.74 bits per heavy atom. The highest BCUT2D eigenvalue weighted by Crippen LogP contribution is 2.19. The number of benzene rings is 1. The van der Waals surface area contributed by atoms with Gasteiger partial charge in [-0.25, -0.2) is 0 Å². The molecule has 6 nitrogen and oxygen atoms in total. The van der Waals surface area contributed by atoms with E-state index < -0.39 is 4.92 Å². The molecule has 1 amide bonds. The maximum Gasteiger partial charge on any atom is 0.269 e. The number of nitro groups is 1. The van der Waals surface area contributed by atoms with Gasteiger partial charge in [-0.05, 0) is 17.9 Å². The fraction of sp³-hybridized carbons (Fsp3) is 0.333. The molecule has 1 aliphatic rings. The van der Waals surface area contributed by atoms with Crippen molar-refractivity contribution in [2.75, 3.05) is 18.8 Å². The second-order valence-corrected chi connectivity index (χ2v) is 5.09. The summed E-state index contributed by atoms with van der Waals surface area (Å²) < 4.78 is 0. The molecule has 1 aliphatic heterocycles. The molecule has 7 heteroatoms. The Morgan fingerprint density at radius 2 is 2.16 bits per heavy atom. The Labute approximate surface area is 114 Å². The van der Waals surface area contributed by atoms with Gasteiger partial charge < -0.3 is 0 Å². The van der Waals surface area contributed by atoms with Crippen molar-refractivity contribution in [1.82, 2.24) is 4.90 Å². The molecule has 1 aromatic carbocycles. The maximum atomic E-state index is 12.3. The molecule has 0 saturated heterocycles. The number of carbonyl (C=O) groups excluding carboxylic acids is 1. The summed E-state index contributed by atoms with van der Waals surface area (Å²) in [5.74, 6) is 0.690. The number of non-ortho nitro benzene ring substituents is 1. The van der Waals surface area contributed by atoms with Crippen LogP contribution in [0.5, 0.6) is 0 Å². The van der Waals surface area contributed by atoms with Gasteiger partial charge in [0.15, 0.2) is 5.17 Å². The zero-order chi connectivity index (χ0) is 13.8. The summed E-state index contributed by atoms with van der Waals surface area (Å²) in [6.45, 7) is 3.18. The van der Waals surface area contributed by atoms with E-state index in [0.29, 0.717) is 18.7 Å². The van der Waals surface area contributed by atoms with Crippen molar-refractivity contribution >= 4 is 28.5 Å². The predicted octanol–water partition coefficient (Wildman–Crippen LogP) is 2.16. The van der Waals surface area contributed by atoms with Crippen LogP contribution in [0.4, 0.5) is 5.69 Å². The summed E-state index contributed by atoms with van der Waals surface area (Å²) in [6.07, 6.45) is 0. The topological polar surface area (TPSA) is 75.8 Å². The minimum atomic E-state index is -0.482. The van der Waals surface area contributed by atoms with Gasteiger partial charge in [0.2, 0.25) is 0 Å². The molecule has 100 valence electrons. The van der Waals surface area contributed by atoms with E-state index in [4.69, 9.17) is 0 Å². The third kappa shape index (κ3) is 2.93. The van der Waals surface area contributed by atoms with Gasteiger partial charge in [-0.1, -0.05) is 18.7 Å². The minimum absolute atomic E-state index is 0.0187. The van der Waals surface area contributed by atoms with E-state index in [2.05, 4.69) is 4.99 Å². The summed E-state index contributed by atoms with van der Waals surface area (Å²) >= 11 is 1.52. The Kier molecular flexibility index (Phi) is 4.16. The third-order valence-corrected chi connectivity index (χ3v) is 3.54. The highest BCUT2D eigenvalue weighted by molar-refractivity contribution is 8.13. The molecular weight excluding hydrogens is 266 g/mol. The number of hydrogen-bond acceptors (Lipinski definition) is 5. The SMILES string of the molecule is CCSC1=NCCN1C(=O)c1ccc([N+](=O)[O-])cc1. The Bertz CT molecular complexity index is 528. The molecule has 0 saturated carbocycles. The largest absolute Gasteiger partial charge is 0.286 e.